The first-order chi connectivity index (χ1) is 16.7. The minimum atomic E-state index is 0.244. The summed E-state index contributed by atoms with van der Waals surface area (Å²) in [6, 6.07) is 13.9. The number of hydrogen-bond donors (Lipinski definition) is 1. The molecule has 0 heterocycles. The molecule has 1 N–H and O–H groups in total. The Balaban J connectivity index is 2.48. The van der Waals surface area contributed by atoms with Gasteiger partial charge in [0.2, 0.25) is 0 Å². The molecule has 0 aromatic heterocycles. The Labute approximate surface area is 221 Å². The SMILES string of the molecule is C=C(C)Nc1c(C)c(C(C)CC(C)(C)C)c(-c2ccc(CC)c(C)c2)c(C)c1-c1ccc(C)c(C)c1. The highest BCUT2D eigenvalue weighted by Crippen LogP contribution is 2.48. The maximum Gasteiger partial charge on any atom is 0.0496 e. The maximum atomic E-state index is 4.22. The van der Waals surface area contributed by atoms with Gasteiger partial charge in [0.1, 0.15) is 0 Å². The summed E-state index contributed by atoms with van der Waals surface area (Å²) in [5.41, 5.74) is 17.3. The Morgan fingerprint density at radius 3 is 1.94 bits per heavy atom. The Bertz CT molecular complexity index is 1280. The van der Waals surface area contributed by atoms with Crippen LogP contribution in [0.4, 0.5) is 5.69 Å². The summed E-state index contributed by atoms with van der Waals surface area (Å²) >= 11 is 0. The summed E-state index contributed by atoms with van der Waals surface area (Å²) in [4.78, 5) is 0. The van der Waals surface area contributed by atoms with Gasteiger partial charge in [0.05, 0.1) is 0 Å². The van der Waals surface area contributed by atoms with E-state index in [1.165, 1.54) is 66.9 Å². The van der Waals surface area contributed by atoms with Gasteiger partial charge in [-0.3, -0.25) is 0 Å². The van der Waals surface area contributed by atoms with E-state index in [0.717, 1.165) is 18.5 Å². The normalized spacial score (nSPS) is 12.5. The number of nitrogens with one attached hydrogen (secondary N) is 1. The number of anilines is 1. The molecule has 0 bridgehead atoms. The fourth-order valence-electron chi connectivity index (χ4n) is 5.91. The van der Waals surface area contributed by atoms with Gasteiger partial charge in [-0.2, -0.15) is 0 Å². The van der Waals surface area contributed by atoms with Crippen molar-refractivity contribution < 1.29 is 0 Å². The number of rotatable bonds is 7. The van der Waals surface area contributed by atoms with E-state index in [4.69, 9.17) is 0 Å². The number of benzene rings is 3. The van der Waals surface area contributed by atoms with Crippen LogP contribution in [-0.2, 0) is 6.42 Å². The molecule has 1 unspecified atom stereocenters. The van der Waals surface area contributed by atoms with Crippen molar-refractivity contribution in [3.63, 3.8) is 0 Å². The van der Waals surface area contributed by atoms with Crippen LogP contribution in [-0.4, -0.2) is 0 Å². The minimum absolute atomic E-state index is 0.244. The van der Waals surface area contributed by atoms with Gasteiger partial charge in [0, 0.05) is 16.9 Å². The van der Waals surface area contributed by atoms with Gasteiger partial charge in [0.25, 0.3) is 0 Å². The van der Waals surface area contributed by atoms with Gasteiger partial charge >= 0.3 is 0 Å². The second-order valence-electron chi connectivity index (χ2n) is 12.2. The van der Waals surface area contributed by atoms with E-state index in [1.54, 1.807) is 0 Å². The zero-order valence-corrected chi connectivity index (χ0v) is 24.7. The van der Waals surface area contributed by atoms with Crippen LogP contribution in [0, 0.1) is 40.0 Å². The summed E-state index contributed by atoms with van der Waals surface area (Å²) < 4.78 is 0. The average Bonchev–Trinajstić information content (AvgIpc) is 2.76. The number of hydrogen-bond acceptors (Lipinski definition) is 1. The van der Waals surface area contributed by atoms with Crippen LogP contribution in [0.5, 0.6) is 0 Å². The monoisotopic (exact) mass is 481 g/mol. The zero-order valence-electron chi connectivity index (χ0n) is 24.7. The summed E-state index contributed by atoms with van der Waals surface area (Å²) in [5.74, 6) is 0.421. The predicted molar refractivity (Wildman–Crippen MR) is 161 cm³/mol. The number of allylic oxidation sites excluding steroid dienone is 1. The van der Waals surface area contributed by atoms with Crippen LogP contribution in [0.25, 0.3) is 22.3 Å². The van der Waals surface area contributed by atoms with Gasteiger partial charge in [-0.15, -0.1) is 0 Å². The van der Waals surface area contributed by atoms with Crippen LogP contribution in [0.2, 0.25) is 0 Å². The molecular weight excluding hydrogens is 434 g/mol. The van der Waals surface area contributed by atoms with Gasteiger partial charge in [-0.1, -0.05) is 77.6 Å². The fourth-order valence-corrected chi connectivity index (χ4v) is 5.91. The molecule has 1 heteroatoms. The third-order valence-corrected chi connectivity index (χ3v) is 7.61. The standard InChI is InChI=1S/C35H47N/c1-13-28-16-17-29(19-24(28)6)32-26(8)33(30-15-14-22(4)23(5)18-30)34(36-21(2)3)27(9)31(32)25(7)20-35(10,11)12/h14-19,25,36H,2,13,20H2,1,3-12H3. The average molecular weight is 482 g/mol. The second-order valence-corrected chi connectivity index (χ2v) is 12.2. The van der Waals surface area contributed by atoms with Crippen molar-refractivity contribution in [1.82, 2.24) is 0 Å². The highest BCUT2D eigenvalue weighted by molar-refractivity contribution is 5.92. The van der Waals surface area contributed by atoms with Crippen molar-refractivity contribution in [3.05, 3.63) is 87.6 Å². The third-order valence-electron chi connectivity index (χ3n) is 7.61. The quantitative estimate of drug-likeness (QED) is 0.354. The van der Waals surface area contributed by atoms with Crippen LogP contribution in [0.3, 0.4) is 0 Å². The topological polar surface area (TPSA) is 12.0 Å². The lowest BCUT2D eigenvalue weighted by atomic mass is 9.75. The van der Waals surface area contributed by atoms with Gasteiger partial charge in [-0.05, 0) is 121 Å². The highest BCUT2D eigenvalue weighted by atomic mass is 14.9. The first-order valence-corrected chi connectivity index (χ1v) is 13.5. The number of aryl methyl sites for hydroxylation is 4. The van der Waals surface area contributed by atoms with E-state index in [2.05, 4.69) is 124 Å². The van der Waals surface area contributed by atoms with Crippen molar-refractivity contribution in [2.45, 2.75) is 94.9 Å². The molecule has 0 fully saturated rings. The fraction of sp³-hybridized carbons (Fsp3) is 0.429. The lowest BCUT2D eigenvalue weighted by Gasteiger charge is -2.31. The molecule has 3 aromatic carbocycles. The van der Waals surface area contributed by atoms with Crippen molar-refractivity contribution in [1.29, 1.82) is 0 Å². The molecule has 0 radical (unpaired) electrons. The Morgan fingerprint density at radius 2 is 1.42 bits per heavy atom. The van der Waals surface area contributed by atoms with E-state index < -0.39 is 0 Å². The van der Waals surface area contributed by atoms with E-state index in [-0.39, 0.29) is 5.41 Å². The van der Waals surface area contributed by atoms with Gasteiger partial charge < -0.3 is 5.32 Å². The van der Waals surface area contributed by atoms with Gasteiger partial charge in [0.15, 0.2) is 0 Å². The molecule has 0 amide bonds. The largest absolute Gasteiger partial charge is 0.359 e. The van der Waals surface area contributed by atoms with E-state index in [9.17, 15) is 0 Å². The molecule has 0 aliphatic heterocycles. The zero-order chi connectivity index (χ0) is 26.9. The van der Waals surface area contributed by atoms with Crippen molar-refractivity contribution in [2.75, 3.05) is 5.32 Å². The Kier molecular flexibility index (Phi) is 8.23. The van der Waals surface area contributed by atoms with E-state index in [1.807, 2.05) is 0 Å². The molecule has 0 aliphatic rings. The highest BCUT2D eigenvalue weighted by Gasteiger charge is 2.27. The first kappa shape index (κ1) is 27.8. The molecule has 192 valence electrons. The third kappa shape index (κ3) is 5.77. The maximum absolute atomic E-state index is 4.22. The van der Waals surface area contributed by atoms with Crippen molar-refractivity contribution >= 4 is 5.69 Å². The molecule has 3 aromatic rings. The second kappa shape index (κ2) is 10.7. The van der Waals surface area contributed by atoms with Crippen molar-refractivity contribution in [2.24, 2.45) is 5.41 Å². The first-order valence-electron chi connectivity index (χ1n) is 13.5. The molecule has 3 rings (SSSR count). The minimum Gasteiger partial charge on any atom is -0.359 e. The van der Waals surface area contributed by atoms with Crippen LogP contribution >= 0.6 is 0 Å². The molecule has 0 saturated carbocycles. The molecule has 0 aliphatic carbocycles. The van der Waals surface area contributed by atoms with Crippen LogP contribution in [0.15, 0.2) is 48.7 Å². The predicted octanol–water partition coefficient (Wildman–Crippen LogP) is 10.6. The summed E-state index contributed by atoms with van der Waals surface area (Å²) in [5, 5.41) is 3.69. The lowest BCUT2D eigenvalue weighted by Crippen LogP contribution is -2.14. The smallest absolute Gasteiger partial charge is 0.0496 e. The van der Waals surface area contributed by atoms with Gasteiger partial charge in [-0.25, -0.2) is 0 Å². The summed E-state index contributed by atoms with van der Waals surface area (Å²) in [6.07, 6.45) is 2.19. The molecule has 36 heavy (non-hydrogen) atoms. The lowest BCUT2D eigenvalue weighted by molar-refractivity contribution is 0.348. The van der Waals surface area contributed by atoms with Crippen LogP contribution in [0.1, 0.15) is 92.8 Å². The van der Waals surface area contributed by atoms with Crippen LogP contribution < -0.4 is 5.32 Å². The molecule has 1 atom stereocenters. The molecular formula is C35H47N. The van der Waals surface area contributed by atoms with E-state index >= 15 is 0 Å². The Morgan fingerprint density at radius 1 is 0.833 bits per heavy atom. The van der Waals surface area contributed by atoms with Crippen molar-refractivity contribution in [3.8, 4) is 22.3 Å². The molecule has 0 spiro atoms. The molecule has 1 nitrogen and oxygen atoms in total. The molecule has 0 saturated heterocycles. The van der Waals surface area contributed by atoms with E-state index in [0.29, 0.717) is 5.92 Å². The summed E-state index contributed by atoms with van der Waals surface area (Å²) in [6.45, 7) is 29.2. The summed E-state index contributed by atoms with van der Waals surface area (Å²) in [7, 11) is 0. The Hall–Kier alpha value is -2.80.